The molecule has 0 aliphatic rings. The molecule has 1 heterocycles. The van der Waals surface area contributed by atoms with Crippen molar-refractivity contribution in [3.63, 3.8) is 0 Å². The molecule has 0 aliphatic heterocycles. The predicted molar refractivity (Wildman–Crippen MR) is 92.7 cm³/mol. The number of imidazole rings is 1. The minimum atomic E-state index is -0.893. The molecule has 0 saturated carbocycles. The number of aromatic nitrogens is 2. The molecule has 0 aliphatic carbocycles. The fourth-order valence-corrected chi connectivity index (χ4v) is 2.36. The van der Waals surface area contributed by atoms with Gasteiger partial charge in [-0.2, -0.15) is 0 Å². The van der Waals surface area contributed by atoms with Gasteiger partial charge in [0.15, 0.2) is 0 Å². The number of hydrogen-bond donors (Lipinski definition) is 1. The number of rotatable bonds is 8. The van der Waals surface area contributed by atoms with E-state index in [-0.39, 0.29) is 11.5 Å². The Morgan fingerprint density at radius 1 is 1.22 bits per heavy atom. The van der Waals surface area contributed by atoms with Gasteiger partial charge in [-0.05, 0) is 39.0 Å². The first-order valence-corrected chi connectivity index (χ1v) is 8.89. The molecule has 1 N–H and O–H groups in total. The summed E-state index contributed by atoms with van der Waals surface area (Å²) in [5, 5.41) is 10.3. The first-order chi connectivity index (χ1) is 10.6. The number of carbonyl (C=O) groups excluding carboxylic acids is 1. The van der Waals surface area contributed by atoms with Crippen molar-refractivity contribution in [2.45, 2.75) is 86.1 Å². The molecule has 0 spiro atoms. The van der Waals surface area contributed by atoms with Crippen LogP contribution < -0.4 is 9.67 Å². The quantitative estimate of drug-likeness (QED) is 0.745. The second-order valence-corrected chi connectivity index (χ2v) is 7.38. The van der Waals surface area contributed by atoms with Gasteiger partial charge in [-0.1, -0.05) is 47.5 Å². The molecule has 1 aromatic rings. The summed E-state index contributed by atoms with van der Waals surface area (Å²) in [4.78, 5) is 13.4. The summed E-state index contributed by atoms with van der Waals surface area (Å²) in [6.45, 7) is 15.4. The second-order valence-electron chi connectivity index (χ2n) is 7.38. The molecule has 4 nitrogen and oxygen atoms in total. The van der Waals surface area contributed by atoms with Gasteiger partial charge in [0.25, 0.3) is 0 Å². The van der Waals surface area contributed by atoms with Gasteiger partial charge in [-0.3, -0.25) is 4.98 Å². The number of carboxylic acid groups (broad SMARTS) is 1. The molecule has 0 bridgehead atoms. The molecule has 134 valence electrons. The highest BCUT2D eigenvalue weighted by Crippen LogP contribution is 2.35. The van der Waals surface area contributed by atoms with E-state index < -0.39 is 5.97 Å². The molecule has 0 amide bonds. The number of hydrogen-bond acceptors (Lipinski definition) is 2. The summed E-state index contributed by atoms with van der Waals surface area (Å²) >= 11 is 0. The molecule has 0 radical (unpaired) electrons. The molecular formula is C19H36N2O2. The lowest BCUT2D eigenvalue weighted by molar-refractivity contribution is -0.771. The Morgan fingerprint density at radius 2 is 1.83 bits per heavy atom. The predicted octanol–water partition coefficient (Wildman–Crippen LogP) is 3.43. The zero-order valence-electron chi connectivity index (χ0n) is 16.1. The van der Waals surface area contributed by atoms with Crippen LogP contribution in [0.2, 0.25) is 0 Å². The Bertz CT molecular complexity index is 436. The van der Waals surface area contributed by atoms with Crippen LogP contribution >= 0.6 is 0 Å². The maximum atomic E-state index is 10.3. The number of aromatic amines is 1. The minimum Gasteiger partial charge on any atom is -0.550 e. The molecular weight excluding hydrogens is 288 g/mol. The largest absolute Gasteiger partial charge is 0.550 e. The first kappa shape index (κ1) is 21.7. The Labute approximate surface area is 142 Å². The van der Waals surface area contributed by atoms with Crippen LogP contribution in [0.15, 0.2) is 18.7 Å². The van der Waals surface area contributed by atoms with Crippen LogP contribution in [0.5, 0.6) is 0 Å². The summed E-state index contributed by atoms with van der Waals surface area (Å²) in [6.07, 6.45) is 10.8. The lowest BCUT2D eigenvalue weighted by Gasteiger charge is -2.38. The van der Waals surface area contributed by atoms with Gasteiger partial charge >= 0.3 is 0 Å². The van der Waals surface area contributed by atoms with Crippen LogP contribution in [0.4, 0.5) is 0 Å². The highest BCUT2D eigenvalue weighted by molar-refractivity contribution is 5.67. The van der Waals surface area contributed by atoms with Crippen molar-refractivity contribution >= 4 is 5.97 Å². The number of unbranched alkanes of at least 4 members (excludes halogenated alkanes) is 1. The third-order valence-corrected chi connectivity index (χ3v) is 5.46. The van der Waals surface area contributed by atoms with Crippen LogP contribution in [-0.2, 0) is 10.3 Å². The minimum absolute atomic E-state index is 0.155. The van der Waals surface area contributed by atoms with Gasteiger partial charge in [-0.25, -0.2) is 4.57 Å². The Hall–Kier alpha value is -1.32. The lowest BCUT2D eigenvalue weighted by Crippen LogP contribution is -2.59. The molecule has 23 heavy (non-hydrogen) atoms. The fourth-order valence-electron chi connectivity index (χ4n) is 2.36. The van der Waals surface area contributed by atoms with E-state index in [9.17, 15) is 9.90 Å². The van der Waals surface area contributed by atoms with Crippen LogP contribution in [-0.4, -0.2) is 11.0 Å². The molecule has 1 aromatic heterocycles. The zero-order chi connectivity index (χ0) is 18.1. The van der Waals surface area contributed by atoms with Crippen LogP contribution in [0.25, 0.3) is 0 Å². The zero-order valence-corrected chi connectivity index (χ0v) is 16.1. The number of nitrogens with zero attached hydrogens (tertiary/aromatic N) is 1. The summed E-state index contributed by atoms with van der Waals surface area (Å²) in [5.41, 5.74) is 0.460. The highest BCUT2D eigenvalue weighted by atomic mass is 16.4. The third-order valence-electron chi connectivity index (χ3n) is 5.46. The van der Waals surface area contributed by atoms with E-state index in [1.807, 2.05) is 19.4 Å². The molecule has 0 saturated heterocycles. The van der Waals surface area contributed by atoms with E-state index in [2.05, 4.69) is 57.3 Å². The number of carboxylic acids is 1. The van der Waals surface area contributed by atoms with Gasteiger partial charge in [-0.15, -0.1) is 0 Å². The van der Waals surface area contributed by atoms with Crippen LogP contribution in [0.3, 0.4) is 0 Å². The third kappa shape index (κ3) is 6.36. The van der Waals surface area contributed by atoms with E-state index in [0.717, 1.165) is 19.3 Å². The maximum Gasteiger partial charge on any atom is 0.241 e. The summed E-state index contributed by atoms with van der Waals surface area (Å²) in [7, 11) is 0. The van der Waals surface area contributed by atoms with Gasteiger partial charge in [0.2, 0.25) is 6.33 Å². The topological polar surface area (TPSA) is 59.8 Å². The number of carbonyl (C=O) groups is 1. The molecule has 1 atom stereocenters. The first-order valence-electron chi connectivity index (χ1n) is 8.89. The number of aliphatic carboxylic acids is 1. The molecule has 1 unspecified atom stereocenters. The highest BCUT2D eigenvalue weighted by Gasteiger charge is 2.40. The average Bonchev–Trinajstić information content (AvgIpc) is 3.03. The van der Waals surface area contributed by atoms with Crippen molar-refractivity contribution in [3.8, 4) is 0 Å². The van der Waals surface area contributed by atoms with E-state index >= 15 is 0 Å². The van der Waals surface area contributed by atoms with E-state index in [4.69, 9.17) is 0 Å². The van der Waals surface area contributed by atoms with E-state index in [1.165, 1.54) is 6.42 Å². The van der Waals surface area contributed by atoms with Crippen molar-refractivity contribution in [1.29, 1.82) is 0 Å². The Kier molecular flexibility index (Phi) is 9.18. The van der Waals surface area contributed by atoms with Gasteiger partial charge < -0.3 is 9.90 Å². The smallest absolute Gasteiger partial charge is 0.241 e. The second kappa shape index (κ2) is 9.74. The standard InChI is InChI=1S/C11H20N2.C8H16O2/c1-6-10(2,3)11(4,5)13-8-7-12-9-13;1-3-5-6-7(4-2)8(9)10/h7-9H,6H2,1-5H3;7H,3-6H2,1-2H3,(H,9,10). The molecule has 0 aromatic carbocycles. The number of H-pyrrole nitrogens is 1. The van der Waals surface area contributed by atoms with Crippen molar-refractivity contribution in [1.82, 2.24) is 4.98 Å². The summed E-state index contributed by atoms with van der Waals surface area (Å²) in [5.74, 6) is -1.11. The molecule has 4 heteroatoms. The maximum absolute atomic E-state index is 10.3. The number of nitrogens with one attached hydrogen (secondary N) is 1. The van der Waals surface area contributed by atoms with Crippen molar-refractivity contribution in [3.05, 3.63) is 18.7 Å². The summed E-state index contributed by atoms with van der Waals surface area (Å²) in [6, 6.07) is 0. The van der Waals surface area contributed by atoms with Crippen LogP contribution in [0.1, 0.15) is 80.6 Å². The Morgan fingerprint density at radius 3 is 2.17 bits per heavy atom. The molecule has 0 fully saturated rings. The van der Waals surface area contributed by atoms with Crippen molar-refractivity contribution in [2.75, 3.05) is 0 Å². The van der Waals surface area contributed by atoms with Gasteiger partial charge in [0, 0.05) is 11.4 Å². The average molecular weight is 325 g/mol. The lowest BCUT2D eigenvalue weighted by atomic mass is 9.72. The monoisotopic (exact) mass is 324 g/mol. The normalized spacial score (nSPS) is 13.2. The SMILES string of the molecule is CCC(C)(C)C(C)(C)[n+]1cc[nH]c1.CCCCC(CC)C(=O)[O-]. The fraction of sp³-hybridized carbons (Fsp3) is 0.789. The van der Waals surface area contributed by atoms with E-state index in [0.29, 0.717) is 11.8 Å². The molecule has 1 rings (SSSR count). The van der Waals surface area contributed by atoms with Gasteiger partial charge in [0.1, 0.15) is 17.9 Å². The van der Waals surface area contributed by atoms with Crippen LogP contribution in [0, 0.1) is 11.3 Å². The van der Waals surface area contributed by atoms with E-state index in [1.54, 1.807) is 0 Å². The summed E-state index contributed by atoms with van der Waals surface area (Å²) < 4.78 is 2.25. The van der Waals surface area contributed by atoms with Crippen molar-refractivity contribution in [2.24, 2.45) is 11.3 Å². The Balaban J connectivity index is 0.000000438. The van der Waals surface area contributed by atoms with Gasteiger partial charge in [0.05, 0.1) is 0 Å². The van der Waals surface area contributed by atoms with Crippen molar-refractivity contribution < 1.29 is 14.5 Å².